The van der Waals surface area contributed by atoms with Gasteiger partial charge in [0.15, 0.2) is 8.24 Å². The average Bonchev–Trinajstić information content (AvgIpc) is 2.48. The summed E-state index contributed by atoms with van der Waals surface area (Å²) in [7, 11) is -3.02. The molecule has 2 nitrogen and oxygen atoms in total. The van der Waals surface area contributed by atoms with E-state index in [2.05, 4.69) is 46.5 Å². The van der Waals surface area contributed by atoms with Crippen LogP contribution in [-0.4, -0.2) is 22.2 Å². The Bertz CT molecular complexity index is 270. The number of carbonyl (C=O) groups is 1. The van der Waals surface area contributed by atoms with Crippen molar-refractivity contribution in [1.82, 2.24) is 4.98 Å². The van der Waals surface area contributed by atoms with Gasteiger partial charge in [0, 0.05) is 6.04 Å². The zero-order valence-electron chi connectivity index (χ0n) is 17.6. The van der Waals surface area contributed by atoms with Gasteiger partial charge in [-0.2, -0.15) is 0 Å². The second kappa shape index (κ2) is 13.2. The second-order valence-corrected chi connectivity index (χ2v) is 17.2. The Hall–Kier alpha value is -0.0962. The third-order valence-corrected chi connectivity index (χ3v) is 16.4. The third-order valence-electron chi connectivity index (χ3n) is 5.47. The molecule has 0 unspecified atom stereocenters. The van der Waals surface area contributed by atoms with Gasteiger partial charge in [0.05, 0.1) is 8.07 Å². The highest BCUT2D eigenvalue weighted by Crippen LogP contribution is 2.31. The highest BCUT2D eigenvalue weighted by Gasteiger charge is 2.37. The van der Waals surface area contributed by atoms with Gasteiger partial charge in [-0.05, 0) is 18.1 Å². The van der Waals surface area contributed by atoms with Crippen LogP contribution in [0.1, 0.15) is 80.1 Å². The van der Waals surface area contributed by atoms with E-state index < -0.39 is 16.3 Å². The molecule has 0 saturated heterocycles. The first kappa shape index (κ1) is 23.9. The molecule has 0 saturated carbocycles. The van der Waals surface area contributed by atoms with Crippen molar-refractivity contribution in [2.45, 2.75) is 122 Å². The molecule has 24 heavy (non-hydrogen) atoms. The Morgan fingerprint density at radius 3 is 1.25 bits per heavy atom. The molecule has 0 radical (unpaired) electrons. The van der Waals surface area contributed by atoms with Gasteiger partial charge in [0.25, 0.3) is 0 Å². The molecule has 0 atom stereocenters. The number of amides is 1. The summed E-state index contributed by atoms with van der Waals surface area (Å²) < 4.78 is 0. The van der Waals surface area contributed by atoms with E-state index >= 15 is 0 Å². The maximum absolute atomic E-state index is 13.1. The normalized spacial score (nSPS) is 12.4. The van der Waals surface area contributed by atoms with Crippen molar-refractivity contribution in [2.24, 2.45) is 0 Å². The number of rotatable bonds is 15. The summed E-state index contributed by atoms with van der Waals surface area (Å²) in [4.78, 5) is 16.8. The monoisotopic (exact) mass is 371 g/mol. The summed E-state index contributed by atoms with van der Waals surface area (Å²) in [6.07, 6.45) is 7.40. The van der Waals surface area contributed by atoms with E-state index in [1.807, 2.05) is 0 Å². The Kier molecular flexibility index (Phi) is 13.1. The first-order chi connectivity index (χ1) is 11.5. The molecule has 0 aromatic carbocycles. The van der Waals surface area contributed by atoms with Crippen molar-refractivity contribution in [3.05, 3.63) is 0 Å². The summed E-state index contributed by atoms with van der Waals surface area (Å²) in [5, 5.41) is 0. The maximum atomic E-state index is 13.1. The zero-order valence-corrected chi connectivity index (χ0v) is 19.6. The highest BCUT2D eigenvalue weighted by molar-refractivity contribution is 6.84. The largest absolute Gasteiger partial charge is 0.382 e. The van der Waals surface area contributed by atoms with Crippen molar-refractivity contribution in [3.63, 3.8) is 0 Å². The van der Waals surface area contributed by atoms with Crippen LogP contribution in [0, 0.1) is 0 Å². The third kappa shape index (κ3) is 8.33. The molecule has 144 valence electrons. The number of hydrogen-bond donors (Lipinski definition) is 1. The molecule has 0 aromatic rings. The van der Waals surface area contributed by atoms with Crippen LogP contribution in [0.3, 0.4) is 0 Å². The lowest BCUT2D eigenvalue weighted by atomic mass is 10.5. The predicted molar refractivity (Wildman–Crippen MR) is 115 cm³/mol. The van der Waals surface area contributed by atoms with Gasteiger partial charge >= 0.3 is 0 Å². The van der Waals surface area contributed by atoms with Gasteiger partial charge in [-0.25, -0.2) is 0 Å². The van der Waals surface area contributed by atoms with E-state index in [-0.39, 0.29) is 0 Å². The molecule has 0 aliphatic heterocycles. The molecule has 0 aromatic heterocycles. The fraction of sp³-hybridized carbons (Fsp3) is 0.950. The Labute approximate surface area is 154 Å². The first-order valence-corrected chi connectivity index (χ1v) is 16.2. The predicted octanol–water partition coefficient (Wildman–Crippen LogP) is 6.96. The van der Waals surface area contributed by atoms with Crippen LogP contribution in [0.4, 0.5) is 0 Å². The lowest BCUT2D eigenvalue weighted by Crippen LogP contribution is -2.54. The lowest BCUT2D eigenvalue weighted by Gasteiger charge is -2.35. The molecule has 0 bridgehead atoms. The molecule has 1 amide bonds. The van der Waals surface area contributed by atoms with E-state index in [1.165, 1.54) is 74.8 Å². The molecular formula is C20H45NOSi2. The summed E-state index contributed by atoms with van der Waals surface area (Å²) in [5.41, 5.74) is 0. The van der Waals surface area contributed by atoms with E-state index in [0.29, 0.717) is 5.91 Å². The minimum absolute atomic E-state index is 0.430. The van der Waals surface area contributed by atoms with Crippen LogP contribution in [-0.2, 0) is 4.79 Å². The highest BCUT2D eigenvalue weighted by atomic mass is 28.3. The van der Waals surface area contributed by atoms with Gasteiger partial charge in [0.2, 0.25) is 5.91 Å². The Balaban J connectivity index is 5.16. The van der Waals surface area contributed by atoms with Gasteiger partial charge in [-0.15, -0.1) is 0 Å². The molecule has 0 aliphatic rings. The number of nitrogens with one attached hydrogen (secondary N) is 1. The van der Waals surface area contributed by atoms with Crippen LogP contribution < -0.4 is 4.98 Å². The lowest BCUT2D eigenvalue weighted by molar-refractivity contribution is -0.117. The zero-order chi connectivity index (χ0) is 18.5. The van der Waals surface area contributed by atoms with Crippen LogP contribution in [0.2, 0.25) is 42.3 Å². The Morgan fingerprint density at radius 2 is 0.958 bits per heavy atom. The van der Waals surface area contributed by atoms with E-state index in [1.54, 1.807) is 0 Å². The van der Waals surface area contributed by atoms with Gasteiger partial charge in [0.1, 0.15) is 0 Å². The summed E-state index contributed by atoms with van der Waals surface area (Å²) >= 11 is 0. The van der Waals surface area contributed by atoms with Crippen molar-refractivity contribution in [2.75, 3.05) is 0 Å². The summed E-state index contributed by atoms with van der Waals surface area (Å²) in [6, 6.07) is 8.72. The molecule has 0 fully saturated rings. The van der Waals surface area contributed by atoms with E-state index in [0.717, 1.165) is 6.04 Å². The molecule has 0 heterocycles. The second-order valence-electron chi connectivity index (χ2n) is 8.01. The van der Waals surface area contributed by atoms with Crippen molar-refractivity contribution < 1.29 is 4.79 Å². The molecule has 0 rings (SSSR count). The van der Waals surface area contributed by atoms with Crippen LogP contribution in [0.25, 0.3) is 0 Å². The quantitative estimate of drug-likeness (QED) is 0.310. The number of hydrogen-bond acceptors (Lipinski definition) is 1. The molecule has 4 heteroatoms. The van der Waals surface area contributed by atoms with E-state index in [4.69, 9.17) is 0 Å². The van der Waals surface area contributed by atoms with Gasteiger partial charge < -0.3 is 4.98 Å². The summed E-state index contributed by atoms with van der Waals surface area (Å²) in [5.74, 6) is 0.430. The van der Waals surface area contributed by atoms with Crippen LogP contribution >= 0.6 is 0 Å². The smallest absolute Gasteiger partial charge is 0.209 e. The SMILES string of the molecule is CCC[Si](CCC)(CCC)CC(=O)N[Si](CCC)(CCC)CCC. The molecule has 0 aliphatic carbocycles. The average molecular weight is 372 g/mol. The molecule has 0 spiro atoms. The molecule has 1 N–H and O–H groups in total. The molecular weight excluding hydrogens is 326 g/mol. The van der Waals surface area contributed by atoms with Gasteiger partial charge in [-0.1, -0.05) is 98.2 Å². The van der Waals surface area contributed by atoms with E-state index in [9.17, 15) is 4.79 Å². The van der Waals surface area contributed by atoms with Crippen LogP contribution in [0.15, 0.2) is 0 Å². The standard InChI is InChI=1S/C20H45NOSi2/c1-7-13-23(14-8-2,15-9-3)19-20(22)21-24(16-10-4,17-11-5)18-12-6/h7-19H2,1-6H3,(H,21,22). The Morgan fingerprint density at radius 1 is 0.625 bits per heavy atom. The first-order valence-electron chi connectivity index (χ1n) is 10.8. The van der Waals surface area contributed by atoms with Gasteiger partial charge in [-0.3, -0.25) is 4.79 Å². The van der Waals surface area contributed by atoms with Crippen molar-refractivity contribution in [1.29, 1.82) is 0 Å². The fourth-order valence-corrected chi connectivity index (χ4v) is 15.0. The fourth-order valence-electron chi connectivity index (χ4n) is 4.91. The minimum Gasteiger partial charge on any atom is -0.382 e. The minimum atomic E-state index is -1.60. The van der Waals surface area contributed by atoms with Crippen molar-refractivity contribution in [3.8, 4) is 0 Å². The summed E-state index contributed by atoms with van der Waals surface area (Å²) in [6.45, 7) is 13.7. The number of carbonyl (C=O) groups excluding carboxylic acids is 1. The van der Waals surface area contributed by atoms with Crippen molar-refractivity contribution >= 4 is 22.2 Å². The maximum Gasteiger partial charge on any atom is 0.209 e. The topological polar surface area (TPSA) is 29.1 Å². The van der Waals surface area contributed by atoms with Crippen LogP contribution in [0.5, 0.6) is 0 Å².